The van der Waals surface area contributed by atoms with Crippen LogP contribution in [0.5, 0.6) is 0 Å². The van der Waals surface area contributed by atoms with Crippen molar-refractivity contribution in [3.63, 3.8) is 0 Å². The molecule has 3 heterocycles. The summed E-state index contributed by atoms with van der Waals surface area (Å²) in [6.07, 6.45) is 1.71. The summed E-state index contributed by atoms with van der Waals surface area (Å²) in [6.45, 7) is 5.16. The van der Waals surface area contributed by atoms with Crippen molar-refractivity contribution in [2.45, 2.75) is 19.5 Å². The Bertz CT molecular complexity index is 830. The van der Waals surface area contributed by atoms with Crippen LogP contribution in [0, 0.1) is 11.8 Å². The van der Waals surface area contributed by atoms with Crippen LogP contribution in [0.15, 0.2) is 53.5 Å². The minimum absolute atomic E-state index is 0.0383. The Morgan fingerprint density at radius 2 is 2.00 bits per heavy atom. The molecule has 1 N–H and O–H groups in total. The predicted octanol–water partition coefficient (Wildman–Crippen LogP) is 1.90. The zero-order chi connectivity index (χ0) is 17.4. The second-order valence-electron chi connectivity index (χ2n) is 6.93. The topological polar surface area (TPSA) is 54.3 Å². The van der Waals surface area contributed by atoms with Gasteiger partial charge in [-0.3, -0.25) is 9.59 Å². The fourth-order valence-electron chi connectivity index (χ4n) is 4.27. The third-order valence-corrected chi connectivity index (χ3v) is 5.55. The number of hydrogen-bond donors (Lipinski definition) is 1. The van der Waals surface area contributed by atoms with E-state index >= 15 is 0 Å². The highest BCUT2D eigenvalue weighted by Gasteiger charge is 2.46. The molecule has 0 saturated carbocycles. The fourth-order valence-corrected chi connectivity index (χ4v) is 4.27. The van der Waals surface area contributed by atoms with E-state index in [0.717, 1.165) is 19.6 Å². The van der Waals surface area contributed by atoms with E-state index in [1.165, 1.54) is 11.6 Å². The molecule has 1 aromatic heterocycles. The fraction of sp³-hybridized carbons (Fsp3) is 0.400. The van der Waals surface area contributed by atoms with Gasteiger partial charge in [0.05, 0.1) is 6.04 Å². The van der Waals surface area contributed by atoms with Crippen LogP contribution in [0.3, 0.4) is 0 Å². The van der Waals surface area contributed by atoms with E-state index in [-0.39, 0.29) is 17.5 Å². The lowest BCUT2D eigenvalue weighted by Crippen LogP contribution is -2.35. The predicted molar refractivity (Wildman–Crippen MR) is 96.4 cm³/mol. The van der Waals surface area contributed by atoms with E-state index < -0.39 is 0 Å². The lowest BCUT2D eigenvalue weighted by Gasteiger charge is -2.28. The van der Waals surface area contributed by atoms with Gasteiger partial charge in [-0.05, 0) is 24.5 Å². The summed E-state index contributed by atoms with van der Waals surface area (Å²) in [5.41, 5.74) is 1.54. The van der Waals surface area contributed by atoms with Crippen molar-refractivity contribution in [3.05, 3.63) is 70.1 Å². The van der Waals surface area contributed by atoms with E-state index in [1.54, 1.807) is 16.8 Å². The van der Waals surface area contributed by atoms with Gasteiger partial charge in [0.15, 0.2) is 0 Å². The van der Waals surface area contributed by atoms with Gasteiger partial charge in [0.2, 0.25) is 0 Å². The molecule has 0 radical (unpaired) electrons. The lowest BCUT2D eigenvalue weighted by atomic mass is 9.89. The lowest BCUT2D eigenvalue weighted by molar-refractivity contribution is 0.0713. The van der Waals surface area contributed by atoms with Crippen LogP contribution in [0.1, 0.15) is 28.9 Å². The standard InChI is InChI=1S/C20H23N3O2/c1-2-22-9-8-15(10-18(22)24)20(25)23-13-16-11-21-12-17(16)19(23)14-6-4-3-5-7-14/h3-10,16-17,19,21H,2,11-13H2,1H3/t16-,17-,19-/m0/s1. The molecule has 0 unspecified atom stereocenters. The number of carbonyl (C=O) groups excluding carboxylic acids is 1. The molecule has 3 atom stereocenters. The van der Waals surface area contributed by atoms with Gasteiger partial charge in [-0.2, -0.15) is 0 Å². The molecule has 0 aliphatic carbocycles. The second-order valence-corrected chi connectivity index (χ2v) is 6.93. The number of nitrogens with one attached hydrogen (secondary N) is 1. The Labute approximate surface area is 147 Å². The maximum absolute atomic E-state index is 13.2. The minimum Gasteiger partial charge on any atom is -0.331 e. The minimum atomic E-state index is -0.120. The van der Waals surface area contributed by atoms with Gasteiger partial charge in [0, 0.05) is 49.9 Å². The Balaban J connectivity index is 1.69. The van der Waals surface area contributed by atoms with Gasteiger partial charge in [-0.15, -0.1) is 0 Å². The highest BCUT2D eigenvalue weighted by atomic mass is 16.2. The highest BCUT2D eigenvalue weighted by Crippen LogP contribution is 2.43. The van der Waals surface area contributed by atoms with Gasteiger partial charge in [0.25, 0.3) is 11.5 Å². The van der Waals surface area contributed by atoms with Crippen molar-refractivity contribution in [1.82, 2.24) is 14.8 Å². The van der Waals surface area contributed by atoms with Crippen molar-refractivity contribution < 1.29 is 4.79 Å². The molecule has 5 nitrogen and oxygen atoms in total. The van der Waals surface area contributed by atoms with E-state index in [4.69, 9.17) is 0 Å². The van der Waals surface area contributed by atoms with Crippen molar-refractivity contribution >= 4 is 5.91 Å². The zero-order valence-electron chi connectivity index (χ0n) is 14.4. The normalized spacial score (nSPS) is 25.2. The Morgan fingerprint density at radius 3 is 2.72 bits per heavy atom. The number of hydrogen-bond acceptors (Lipinski definition) is 3. The van der Waals surface area contributed by atoms with Crippen LogP contribution in [-0.4, -0.2) is 35.0 Å². The summed E-state index contributed by atoms with van der Waals surface area (Å²) in [5.74, 6) is 0.871. The maximum atomic E-state index is 13.2. The van der Waals surface area contributed by atoms with E-state index in [9.17, 15) is 9.59 Å². The Morgan fingerprint density at radius 1 is 1.20 bits per heavy atom. The van der Waals surface area contributed by atoms with Gasteiger partial charge >= 0.3 is 0 Å². The summed E-state index contributed by atoms with van der Waals surface area (Å²) in [6, 6.07) is 13.6. The van der Waals surface area contributed by atoms with E-state index in [1.807, 2.05) is 30.0 Å². The zero-order valence-corrected chi connectivity index (χ0v) is 14.4. The van der Waals surface area contributed by atoms with Crippen LogP contribution < -0.4 is 10.9 Å². The van der Waals surface area contributed by atoms with E-state index in [0.29, 0.717) is 23.9 Å². The molecular formula is C20H23N3O2. The number of benzene rings is 1. The summed E-state index contributed by atoms with van der Waals surface area (Å²) >= 11 is 0. The number of fused-ring (bicyclic) bond motifs is 1. The monoisotopic (exact) mass is 337 g/mol. The van der Waals surface area contributed by atoms with Crippen LogP contribution in [0.4, 0.5) is 0 Å². The smallest absolute Gasteiger partial charge is 0.254 e. The number of pyridine rings is 1. The van der Waals surface area contributed by atoms with Crippen LogP contribution in [0.2, 0.25) is 0 Å². The summed E-state index contributed by atoms with van der Waals surface area (Å²) < 4.78 is 1.61. The van der Waals surface area contributed by atoms with Crippen LogP contribution in [-0.2, 0) is 6.54 Å². The van der Waals surface area contributed by atoms with Gasteiger partial charge in [-0.25, -0.2) is 0 Å². The Kier molecular flexibility index (Phi) is 4.17. The van der Waals surface area contributed by atoms with Crippen LogP contribution in [0.25, 0.3) is 0 Å². The molecule has 2 fully saturated rings. The summed E-state index contributed by atoms with van der Waals surface area (Å²) in [7, 11) is 0. The molecule has 2 saturated heterocycles. The quantitative estimate of drug-likeness (QED) is 0.931. The first-order valence-corrected chi connectivity index (χ1v) is 8.96. The van der Waals surface area contributed by atoms with Gasteiger partial charge < -0.3 is 14.8 Å². The first-order valence-electron chi connectivity index (χ1n) is 8.96. The molecule has 4 rings (SSSR count). The molecule has 25 heavy (non-hydrogen) atoms. The molecule has 1 aromatic carbocycles. The van der Waals surface area contributed by atoms with Gasteiger partial charge in [-0.1, -0.05) is 30.3 Å². The summed E-state index contributed by atoms with van der Waals surface area (Å²) in [5, 5.41) is 3.46. The number of aromatic nitrogens is 1. The van der Waals surface area contributed by atoms with Gasteiger partial charge in [0.1, 0.15) is 0 Å². The average molecular weight is 337 g/mol. The first-order chi connectivity index (χ1) is 12.2. The van der Waals surface area contributed by atoms with E-state index in [2.05, 4.69) is 17.4 Å². The first kappa shape index (κ1) is 16.1. The molecule has 1 amide bonds. The Hall–Kier alpha value is -2.40. The molecule has 0 spiro atoms. The number of nitrogens with zero attached hydrogens (tertiary/aromatic N) is 2. The second kappa shape index (κ2) is 6.48. The SMILES string of the molecule is CCn1ccc(C(=O)N2C[C@@H]3CNC[C@@H]3[C@@H]2c2ccccc2)cc1=O. The summed E-state index contributed by atoms with van der Waals surface area (Å²) in [4.78, 5) is 27.3. The third-order valence-electron chi connectivity index (χ3n) is 5.55. The molecular weight excluding hydrogens is 314 g/mol. The third kappa shape index (κ3) is 2.78. The maximum Gasteiger partial charge on any atom is 0.254 e. The molecule has 2 aliphatic heterocycles. The molecule has 2 aliphatic rings. The average Bonchev–Trinajstić information content (AvgIpc) is 3.22. The number of likely N-dealkylation sites (tertiary alicyclic amines) is 1. The number of carbonyl (C=O) groups is 1. The largest absolute Gasteiger partial charge is 0.331 e. The highest BCUT2D eigenvalue weighted by molar-refractivity contribution is 5.94. The number of amides is 1. The van der Waals surface area contributed by atoms with Crippen molar-refractivity contribution in [2.24, 2.45) is 11.8 Å². The number of rotatable bonds is 3. The molecule has 0 bridgehead atoms. The van der Waals surface area contributed by atoms with Crippen molar-refractivity contribution in [1.29, 1.82) is 0 Å². The van der Waals surface area contributed by atoms with Crippen molar-refractivity contribution in [2.75, 3.05) is 19.6 Å². The van der Waals surface area contributed by atoms with Crippen molar-refractivity contribution in [3.8, 4) is 0 Å². The number of aryl methyl sites for hydroxylation is 1. The molecule has 2 aromatic rings. The molecule has 5 heteroatoms. The van der Waals surface area contributed by atoms with Crippen LogP contribution >= 0.6 is 0 Å². The molecule has 130 valence electrons.